The molecule has 114 valence electrons. The number of aryl methyl sites for hydroxylation is 1. The summed E-state index contributed by atoms with van der Waals surface area (Å²) in [4.78, 5) is 23.8. The van der Waals surface area contributed by atoms with E-state index in [0.717, 1.165) is 30.4 Å². The summed E-state index contributed by atoms with van der Waals surface area (Å²) in [7, 11) is 0. The summed E-state index contributed by atoms with van der Waals surface area (Å²) in [6, 6.07) is 8.02. The van der Waals surface area contributed by atoms with Crippen molar-refractivity contribution in [2.75, 3.05) is 0 Å². The maximum Gasteiger partial charge on any atom is 0.309 e. The van der Waals surface area contributed by atoms with E-state index >= 15 is 0 Å². The van der Waals surface area contributed by atoms with E-state index in [2.05, 4.69) is 17.6 Å². The number of carbonyl (C=O) groups excluding carboxylic acids is 2. The lowest BCUT2D eigenvalue weighted by Gasteiger charge is -2.29. The second-order valence-electron chi connectivity index (χ2n) is 6.01. The lowest BCUT2D eigenvalue weighted by atomic mass is 9.86. The van der Waals surface area contributed by atoms with Gasteiger partial charge in [-0.3, -0.25) is 9.59 Å². The molecule has 4 heteroatoms. The van der Waals surface area contributed by atoms with Crippen molar-refractivity contribution >= 4 is 11.8 Å². The molecule has 0 spiro atoms. The summed E-state index contributed by atoms with van der Waals surface area (Å²) in [5, 5.41) is 5.54. The SMILES string of the molecule is Cc1cccc(CNC(=O)C(=O)N[C@H]2CCCC[C@@H]2C)c1. The number of amides is 2. The quantitative estimate of drug-likeness (QED) is 0.839. The molecule has 1 saturated carbocycles. The van der Waals surface area contributed by atoms with Crippen LogP contribution < -0.4 is 10.6 Å². The minimum absolute atomic E-state index is 0.135. The molecule has 21 heavy (non-hydrogen) atoms. The monoisotopic (exact) mass is 288 g/mol. The fraction of sp³-hybridized carbons (Fsp3) is 0.529. The molecule has 4 nitrogen and oxygen atoms in total. The zero-order chi connectivity index (χ0) is 15.2. The highest BCUT2D eigenvalue weighted by molar-refractivity contribution is 6.35. The van der Waals surface area contributed by atoms with Gasteiger partial charge in [0.2, 0.25) is 0 Å². The number of rotatable bonds is 3. The third-order valence-electron chi connectivity index (χ3n) is 4.17. The fourth-order valence-corrected chi connectivity index (χ4v) is 2.85. The summed E-state index contributed by atoms with van der Waals surface area (Å²) >= 11 is 0. The molecule has 0 bridgehead atoms. The minimum Gasteiger partial charge on any atom is -0.345 e. The van der Waals surface area contributed by atoms with Crippen molar-refractivity contribution in [1.82, 2.24) is 10.6 Å². The second kappa shape index (κ2) is 7.25. The Balaban J connectivity index is 1.81. The van der Waals surface area contributed by atoms with Crippen LogP contribution >= 0.6 is 0 Å². The molecule has 2 atom stereocenters. The molecular weight excluding hydrogens is 264 g/mol. The van der Waals surface area contributed by atoms with Crippen molar-refractivity contribution in [2.24, 2.45) is 5.92 Å². The van der Waals surface area contributed by atoms with E-state index in [9.17, 15) is 9.59 Å². The molecule has 1 aromatic rings. The van der Waals surface area contributed by atoms with Gasteiger partial charge >= 0.3 is 11.8 Å². The lowest BCUT2D eigenvalue weighted by Crippen LogP contribution is -2.47. The Hall–Kier alpha value is -1.84. The van der Waals surface area contributed by atoms with Crippen molar-refractivity contribution in [3.63, 3.8) is 0 Å². The van der Waals surface area contributed by atoms with Gasteiger partial charge in [0.25, 0.3) is 0 Å². The predicted octanol–water partition coefficient (Wildman–Crippen LogP) is 2.31. The van der Waals surface area contributed by atoms with E-state index in [4.69, 9.17) is 0 Å². The van der Waals surface area contributed by atoms with Crippen LogP contribution in [-0.4, -0.2) is 17.9 Å². The van der Waals surface area contributed by atoms with Crippen LogP contribution in [0, 0.1) is 12.8 Å². The molecule has 1 aliphatic rings. The van der Waals surface area contributed by atoms with Crippen LogP contribution in [0.3, 0.4) is 0 Å². The molecule has 0 unspecified atom stereocenters. The van der Waals surface area contributed by atoms with Crippen molar-refractivity contribution in [3.8, 4) is 0 Å². The average molecular weight is 288 g/mol. The molecule has 0 aliphatic heterocycles. The molecule has 2 amide bonds. The Kier molecular flexibility index (Phi) is 5.37. The van der Waals surface area contributed by atoms with Gasteiger partial charge in [-0.15, -0.1) is 0 Å². The van der Waals surface area contributed by atoms with E-state index in [0.29, 0.717) is 12.5 Å². The van der Waals surface area contributed by atoms with E-state index in [1.807, 2.05) is 31.2 Å². The number of hydrogen-bond donors (Lipinski definition) is 2. The first-order valence-corrected chi connectivity index (χ1v) is 7.70. The minimum atomic E-state index is -0.547. The highest BCUT2D eigenvalue weighted by Gasteiger charge is 2.25. The molecular formula is C17H24N2O2. The van der Waals surface area contributed by atoms with Crippen molar-refractivity contribution in [3.05, 3.63) is 35.4 Å². The first-order chi connectivity index (χ1) is 10.1. The van der Waals surface area contributed by atoms with Crippen LogP contribution in [0.1, 0.15) is 43.7 Å². The Morgan fingerprint density at radius 2 is 1.95 bits per heavy atom. The fourth-order valence-electron chi connectivity index (χ4n) is 2.85. The number of nitrogens with one attached hydrogen (secondary N) is 2. The number of carbonyl (C=O) groups is 2. The van der Waals surface area contributed by atoms with Gasteiger partial charge < -0.3 is 10.6 Å². The molecule has 0 saturated heterocycles. The van der Waals surface area contributed by atoms with E-state index in [-0.39, 0.29) is 6.04 Å². The van der Waals surface area contributed by atoms with Crippen LogP contribution in [0.5, 0.6) is 0 Å². The molecule has 1 fully saturated rings. The first-order valence-electron chi connectivity index (χ1n) is 7.70. The molecule has 1 aliphatic carbocycles. The third-order valence-corrected chi connectivity index (χ3v) is 4.17. The maximum absolute atomic E-state index is 11.9. The summed E-state index contributed by atoms with van der Waals surface area (Å²) < 4.78 is 0. The average Bonchev–Trinajstić information content (AvgIpc) is 2.47. The maximum atomic E-state index is 11.9. The van der Waals surface area contributed by atoms with Gasteiger partial charge in [0.15, 0.2) is 0 Å². The second-order valence-corrected chi connectivity index (χ2v) is 6.01. The van der Waals surface area contributed by atoms with E-state index < -0.39 is 11.8 Å². The molecule has 1 aromatic carbocycles. The standard InChI is InChI=1S/C17H24N2O2/c1-12-6-5-8-14(10-12)11-18-16(20)17(21)19-15-9-4-3-7-13(15)2/h5-6,8,10,13,15H,3-4,7,9,11H2,1-2H3,(H,18,20)(H,19,21)/t13-,15-/m0/s1. The Morgan fingerprint density at radius 3 is 2.67 bits per heavy atom. The van der Waals surface area contributed by atoms with Crippen LogP contribution in [0.4, 0.5) is 0 Å². The summed E-state index contributed by atoms with van der Waals surface area (Å²) in [5.41, 5.74) is 2.14. The van der Waals surface area contributed by atoms with Gasteiger partial charge in [-0.25, -0.2) is 0 Å². The molecule has 2 N–H and O–H groups in total. The summed E-state index contributed by atoms with van der Waals surface area (Å²) in [6.07, 6.45) is 4.43. The molecule has 0 heterocycles. The largest absolute Gasteiger partial charge is 0.345 e. The van der Waals surface area contributed by atoms with Gasteiger partial charge in [0.1, 0.15) is 0 Å². The Morgan fingerprint density at radius 1 is 1.19 bits per heavy atom. The summed E-state index contributed by atoms with van der Waals surface area (Å²) in [6.45, 7) is 4.52. The number of hydrogen-bond acceptors (Lipinski definition) is 2. The molecule has 0 aromatic heterocycles. The lowest BCUT2D eigenvalue weighted by molar-refractivity contribution is -0.140. The first kappa shape index (κ1) is 15.5. The van der Waals surface area contributed by atoms with Crippen LogP contribution in [0.25, 0.3) is 0 Å². The topological polar surface area (TPSA) is 58.2 Å². The van der Waals surface area contributed by atoms with Crippen LogP contribution in [0.2, 0.25) is 0 Å². The van der Waals surface area contributed by atoms with Crippen molar-refractivity contribution in [2.45, 2.75) is 52.1 Å². The van der Waals surface area contributed by atoms with Crippen LogP contribution in [-0.2, 0) is 16.1 Å². The third kappa shape index (κ3) is 4.59. The van der Waals surface area contributed by atoms with Gasteiger partial charge in [-0.2, -0.15) is 0 Å². The highest BCUT2D eigenvalue weighted by Crippen LogP contribution is 2.23. The van der Waals surface area contributed by atoms with Gasteiger partial charge in [-0.1, -0.05) is 49.6 Å². The zero-order valence-electron chi connectivity index (χ0n) is 12.8. The van der Waals surface area contributed by atoms with Crippen molar-refractivity contribution in [1.29, 1.82) is 0 Å². The Labute approximate surface area is 126 Å². The van der Waals surface area contributed by atoms with Gasteiger partial charge in [-0.05, 0) is 31.2 Å². The normalized spacial score (nSPS) is 21.6. The van der Waals surface area contributed by atoms with Crippen LogP contribution in [0.15, 0.2) is 24.3 Å². The number of benzene rings is 1. The highest BCUT2D eigenvalue weighted by atomic mass is 16.2. The van der Waals surface area contributed by atoms with E-state index in [1.54, 1.807) is 0 Å². The van der Waals surface area contributed by atoms with Crippen molar-refractivity contribution < 1.29 is 9.59 Å². The predicted molar refractivity (Wildman–Crippen MR) is 82.6 cm³/mol. The van der Waals surface area contributed by atoms with Gasteiger partial charge in [0, 0.05) is 12.6 Å². The molecule has 0 radical (unpaired) electrons. The van der Waals surface area contributed by atoms with Gasteiger partial charge in [0.05, 0.1) is 0 Å². The molecule has 2 rings (SSSR count). The smallest absolute Gasteiger partial charge is 0.309 e. The summed E-state index contributed by atoms with van der Waals surface area (Å²) in [5.74, 6) is -0.608. The van der Waals surface area contributed by atoms with E-state index in [1.165, 1.54) is 6.42 Å². The Bertz CT molecular complexity index is 513. The zero-order valence-corrected chi connectivity index (χ0v) is 12.8.